The lowest BCUT2D eigenvalue weighted by Crippen LogP contribution is -2.58. The van der Waals surface area contributed by atoms with Crippen LogP contribution < -0.4 is 10.5 Å². The lowest BCUT2D eigenvalue weighted by Gasteiger charge is -2.41. The van der Waals surface area contributed by atoms with Gasteiger partial charge in [0.05, 0.1) is 19.6 Å². The van der Waals surface area contributed by atoms with Crippen LogP contribution in [-0.2, 0) is 9.53 Å². The number of primary amides is 1. The van der Waals surface area contributed by atoms with Crippen LogP contribution in [0.3, 0.4) is 0 Å². The summed E-state index contributed by atoms with van der Waals surface area (Å²) in [5.74, 6) is -0.835. The SMILES string of the molecule is NC(=O)CC1(COc2ccc(F)cc2)CN(C(=O)c2ccncn2)CCO1. The van der Waals surface area contributed by atoms with Crippen LogP contribution in [0.2, 0.25) is 0 Å². The molecule has 3 rings (SSSR count). The Balaban J connectivity index is 1.75. The van der Waals surface area contributed by atoms with E-state index in [1.165, 1.54) is 42.9 Å². The third-order valence-electron chi connectivity index (χ3n) is 4.15. The molecule has 0 saturated carbocycles. The van der Waals surface area contributed by atoms with Gasteiger partial charge in [0.2, 0.25) is 5.91 Å². The number of ether oxygens (including phenoxy) is 2. The second-order valence-corrected chi connectivity index (χ2v) is 6.24. The molecule has 1 atom stereocenters. The number of carbonyl (C=O) groups excluding carboxylic acids is 2. The Labute approximate surface area is 155 Å². The number of benzene rings is 1. The molecular formula is C18H19FN4O4. The number of morpholine rings is 1. The molecule has 1 unspecified atom stereocenters. The van der Waals surface area contributed by atoms with Crippen molar-refractivity contribution in [3.63, 3.8) is 0 Å². The Bertz CT molecular complexity index is 803. The van der Waals surface area contributed by atoms with Crippen molar-refractivity contribution < 1.29 is 23.5 Å². The molecule has 2 amide bonds. The minimum Gasteiger partial charge on any atom is -0.490 e. The minimum atomic E-state index is -1.10. The zero-order valence-corrected chi connectivity index (χ0v) is 14.5. The molecule has 142 valence electrons. The smallest absolute Gasteiger partial charge is 0.272 e. The molecule has 27 heavy (non-hydrogen) atoms. The highest BCUT2D eigenvalue weighted by Crippen LogP contribution is 2.25. The molecule has 9 heteroatoms. The first kappa shape index (κ1) is 18.7. The van der Waals surface area contributed by atoms with Crippen LogP contribution >= 0.6 is 0 Å². The Hall–Kier alpha value is -3.07. The Morgan fingerprint density at radius 3 is 2.74 bits per heavy atom. The van der Waals surface area contributed by atoms with E-state index in [1.807, 2.05) is 0 Å². The Kier molecular flexibility index (Phi) is 5.60. The molecule has 0 aliphatic carbocycles. The maximum Gasteiger partial charge on any atom is 0.272 e. The zero-order chi connectivity index (χ0) is 19.3. The van der Waals surface area contributed by atoms with Gasteiger partial charge in [-0.25, -0.2) is 14.4 Å². The van der Waals surface area contributed by atoms with Crippen molar-refractivity contribution in [1.82, 2.24) is 14.9 Å². The first-order chi connectivity index (χ1) is 13.0. The second-order valence-electron chi connectivity index (χ2n) is 6.24. The predicted octanol–water partition coefficient (Wildman–Crippen LogP) is 0.781. The van der Waals surface area contributed by atoms with Crippen molar-refractivity contribution in [2.24, 2.45) is 5.73 Å². The summed E-state index contributed by atoms with van der Waals surface area (Å²) in [7, 11) is 0. The fourth-order valence-electron chi connectivity index (χ4n) is 2.91. The Morgan fingerprint density at radius 2 is 2.07 bits per heavy atom. The number of amides is 2. The summed E-state index contributed by atoms with van der Waals surface area (Å²) in [4.78, 5) is 33.6. The highest BCUT2D eigenvalue weighted by Gasteiger charge is 2.41. The molecule has 2 N–H and O–H groups in total. The lowest BCUT2D eigenvalue weighted by atomic mass is 9.97. The van der Waals surface area contributed by atoms with Crippen molar-refractivity contribution in [3.8, 4) is 5.75 Å². The fourth-order valence-corrected chi connectivity index (χ4v) is 2.91. The number of halogens is 1. The van der Waals surface area contributed by atoms with Crippen molar-refractivity contribution in [2.45, 2.75) is 12.0 Å². The maximum absolute atomic E-state index is 13.0. The van der Waals surface area contributed by atoms with Gasteiger partial charge in [0.15, 0.2) is 0 Å². The molecule has 1 saturated heterocycles. The fraction of sp³-hybridized carbons (Fsp3) is 0.333. The molecule has 0 radical (unpaired) electrons. The predicted molar refractivity (Wildman–Crippen MR) is 92.3 cm³/mol. The summed E-state index contributed by atoms with van der Waals surface area (Å²) in [6.45, 7) is 0.659. The molecule has 8 nitrogen and oxygen atoms in total. The standard InChI is InChI=1S/C18H19FN4O4/c19-13-1-3-14(4-2-13)26-11-18(9-16(20)24)10-23(7-8-27-18)17(25)15-5-6-21-12-22-15/h1-6,12H,7-11H2,(H2,20,24). The first-order valence-electron chi connectivity index (χ1n) is 8.33. The van der Waals surface area contributed by atoms with E-state index in [0.717, 1.165) is 0 Å². The van der Waals surface area contributed by atoms with Crippen LogP contribution in [0.15, 0.2) is 42.9 Å². The van der Waals surface area contributed by atoms with Gasteiger partial charge >= 0.3 is 0 Å². The van der Waals surface area contributed by atoms with Gasteiger partial charge in [-0.2, -0.15) is 0 Å². The van der Waals surface area contributed by atoms with Gasteiger partial charge in [0.1, 0.15) is 35.8 Å². The Morgan fingerprint density at radius 1 is 1.30 bits per heavy atom. The summed E-state index contributed by atoms with van der Waals surface area (Å²) in [6, 6.07) is 6.99. The average molecular weight is 374 g/mol. The minimum absolute atomic E-state index is 0.0187. The molecule has 1 aliphatic rings. The van der Waals surface area contributed by atoms with Crippen LogP contribution in [0, 0.1) is 5.82 Å². The van der Waals surface area contributed by atoms with Crippen LogP contribution in [0.1, 0.15) is 16.9 Å². The van der Waals surface area contributed by atoms with E-state index in [2.05, 4.69) is 9.97 Å². The molecule has 2 aromatic rings. The van der Waals surface area contributed by atoms with Crippen molar-refractivity contribution in [1.29, 1.82) is 0 Å². The molecule has 1 aliphatic heterocycles. The molecule has 0 bridgehead atoms. The average Bonchev–Trinajstić information content (AvgIpc) is 2.67. The normalized spacial score (nSPS) is 19.5. The molecule has 1 aromatic heterocycles. The van der Waals surface area contributed by atoms with E-state index in [-0.39, 0.29) is 43.6 Å². The summed E-state index contributed by atoms with van der Waals surface area (Å²) in [5.41, 5.74) is 4.54. The highest BCUT2D eigenvalue weighted by atomic mass is 19.1. The van der Waals surface area contributed by atoms with Crippen LogP contribution in [0.4, 0.5) is 4.39 Å². The molecule has 1 fully saturated rings. The van der Waals surface area contributed by atoms with Gasteiger partial charge in [-0.15, -0.1) is 0 Å². The quantitative estimate of drug-likeness (QED) is 0.801. The van der Waals surface area contributed by atoms with Crippen LogP contribution in [-0.4, -0.2) is 58.6 Å². The maximum atomic E-state index is 13.0. The van der Waals surface area contributed by atoms with Gasteiger partial charge in [0, 0.05) is 12.7 Å². The lowest BCUT2D eigenvalue weighted by molar-refractivity contribution is -0.142. The number of rotatable bonds is 6. The van der Waals surface area contributed by atoms with Crippen LogP contribution in [0.25, 0.3) is 0 Å². The largest absolute Gasteiger partial charge is 0.490 e. The second kappa shape index (κ2) is 8.09. The number of nitrogens with two attached hydrogens (primary N) is 1. The van der Waals surface area contributed by atoms with E-state index in [0.29, 0.717) is 12.3 Å². The van der Waals surface area contributed by atoms with Crippen molar-refractivity contribution >= 4 is 11.8 Å². The number of aromatic nitrogens is 2. The molecule has 0 spiro atoms. The third-order valence-corrected chi connectivity index (χ3v) is 4.15. The van der Waals surface area contributed by atoms with Crippen molar-refractivity contribution in [3.05, 3.63) is 54.4 Å². The van der Waals surface area contributed by atoms with Gasteiger partial charge in [-0.1, -0.05) is 0 Å². The van der Waals surface area contributed by atoms with E-state index in [4.69, 9.17) is 15.2 Å². The molecule has 1 aromatic carbocycles. The summed E-state index contributed by atoms with van der Waals surface area (Å²) >= 11 is 0. The topological polar surface area (TPSA) is 108 Å². The first-order valence-corrected chi connectivity index (χ1v) is 8.33. The van der Waals surface area contributed by atoms with E-state index in [9.17, 15) is 14.0 Å². The van der Waals surface area contributed by atoms with E-state index < -0.39 is 11.5 Å². The molecular weight excluding hydrogens is 355 g/mol. The number of hydrogen-bond donors (Lipinski definition) is 1. The number of nitrogens with zero attached hydrogens (tertiary/aromatic N) is 3. The summed E-state index contributed by atoms with van der Waals surface area (Å²) in [6.07, 6.45) is 2.65. The number of carbonyl (C=O) groups is 2. The number of hydrogen-bond acceptors (Lipinski definition) is 6. The van der Waals surface area contributed by atoms with Gasteiger partial charge in [-0.05, 0) is 30.3 Å². The van der Waals surface area contributed by atoms with E-state index in [1.54, 1.807) is 4.90 Å². The summed E-state index contributed by atoms with van der Waals surface area (Å²) < 4.78 is 24.5. The molecule has 2 heterocycles. The highest BCUT2D eigenvalue weighted by molar-refractivity contribution is 5.92. The summed E-state index contributed by atoms with van der Waals surface area (Å²) in [5, 5.41) is 0. The van der Waals surface area contributed by atoms with Crippen molar-refractivity contribution in [2.75, 3.05) is 26.3 Å². The van der Waals surface area contributed by atoms with Gasteiger partial charge in [0.25, 0.3) is 5.91 Å². The van der Waals surface area contributed by atoms with E-state index >= 15 is 0 Å². The van der Waals surface area contributed by atoms with Gasteiger partial charge in [-0.3, -0.25) is 9.59 Å². The monoisotopic (exact) mass is 374 g/mol. The van der Waals surface area contributed by atoms with Crippen LogP contribution in [0.5, 0.6) is 5.75 Å². The zero-order valence-electron chi connectivity index (χ0n) is 14.5. The van der Waals surface area contributed by atoms with Gasteiger partial charge < -0.3 is 20.1 Å². The third kappa shape index (κ3) is 4.76.